The lowest BCUT2D eigenvalue weighted by atomic mass is 9.81. The van der Waals surface area contributed by atoms with Gasteiger partial charge in [0, 0.05) is 43.5 Å². The van der Waals surface area contributed by atoms with Crippen LogP contribution in [0.2, 0.25) is 0 Å². The van der Waals surface area contributed by atoms with Gasteiger partial charge in [0.05, 0.1) is 5.60 Å². The molecule has 0 aliphatic carbocycles. The first-order chi connectivity index (χ1) is 12.0. The number of fused-ring (bicyclic) bond motifs is 2. The van der Waals surface area contributed by atoms with Crippen molar-refractivity contribution in [3.63, 3.8) is 0 Å². The molecule has 1 N–H and O–H groups in total. The normalized spacial score (nSPS) is 29.1. The molecular formula is C20H22F2N2O. The molecule has 25 heavy (non-hydrogen) atoms. The van der Waals surface area contributed by atoms with Crippen LogP contribution in [0, 0.1) is 11.6 Å². The number of rotatable bonds is 4. The summed E-state index contributed by atoms with van der Waals surface area (Å²) < 4.78 is 27.1. The molecule has 0 radical (unpaired) electrons. The van der Waals surface area contributed by atoms with E-state index in [9.17, 15) is 13.9 Å². The summed E-state index contributed by atoms with van der Waals surface area (Å²) in [5.41, 5.74) is 0.701. The van der Waals surface area contributed by atoms with Gasteiger partial charge in [0.2, 0.25) is 0 Å². The second kappa shape index (κ2) is 6.46. The average Bonchev–Trinajstić information content (AvgIpc) is 2.83. The van der Waals surface area contributed by atoms with Crippen LogP contribution in [0.5, 0.6) is 0 Å². The molecule has 2 bridgehead atoms. The Balaban J connectivity index is 1.48. The highest BCUT2D eigenvalue weighted by molar-refractivity contribution is 5.22. The lowest BCUT2D eigenvalue weighted by Crippen LogP contribution is -2.51. The minimum absolute atomic E-state index is 0.245. The summed E-state index contributed by atoms with van der Waals surface area (Å²) in [6.07, 6.45) is 7.23. The van der Waals surface area contributed by atoms with Crippen molar-refractivity contribution in [1.29, 1.82) is 0 Å². The third kappa shape index (κ3) is 3.44. The Morgan fingerprint density at radius 3 is 2.40 bits per heavy atom. The number of hydrogen-bond acceptors (Lipinski definition) is 3. The zero-order valence-electron chi connectivity index (χ0n) is 14.0. The highest BCUT2D eigenvalue weighted by atomic mass is 19.1. The van der Waals surface area contributed by atoms with E-state index in [4.69, 9.17) is 0 Å². The van der Waals surface area contributed by atoms with Gasteiger partial charge >= 0.3 is 0 Å². The number of nitrogens with zero attached hydrogens (tertiary/aromatic N) is 2. The van der Waals surface area contributed by atoms with E-state index < -0.39 is 17.2 Å². The molecule has 1 aromatic heterocycles. The van der Waals surface area contributed by atoms with E-state index in [1.54, 1.807) is 12.4 Å². The van der Waals surface area contributed by atoms with Gasteiger partial charge in [0.1, 0.15) is 11.6 Å². The van der Waals surface area contributed by atoms with Crippen LogP contribution in [0.4, 0.5) is 8.78 Å². The number of benzene rings is 1. The van der Waals surface area contributed by atoms with E-state index in [2.05, 4.69) is 9.88 Å². The maximum atomic E-state index is 14.0. The Morgan fingerprint density at radius 1 is 1.08 bits per heavy atom. The highest BCUT2D eigenvalue weighted by Crippen LogP contribution is 2.43. The van der Waals surface area contributed by atoms with Crippen molar-refractivity contribution >= 4 is 0 Å². The highest BCUT2D eigenvalue weighted by Gasteiger charge is 2.47. The second-order valence-electron chi connectivity index (χ2n) is 7.46. The Bertz CT molecular complexity index is 739. The lowest BCUT2D eigenvalue weighted by Gasteiger charge is -2.44. The van der Waals surface area contributed by atoms with Crippen LogP contribution in [0.1, 0.15) is 36.8 Å². The quantitative estimate of drug-likeness (QED) is 0.923. The fraction of sp³-hybridized carbons (Fsp3) is 0.450. The molecule has 3 nitrogen and oxygen atoms in total. The fourth-order valence-corrected chi connectivity index (χ4v) is 4.53. The van der Waals surface area contributed by atoms with E-state index in [1.165, 1.54) is 17.7 Å². The molecule has 2 aliphatic rings. The maximum absolute atomic E-state index is 14.0. The number of hydrogen-bond donors (Lipinski definition) is 1. The van der Waals surface area contributed by atoms with Crippen LogP contribution < -0.4 is 0 Å². The summed E-state index contributed by atoms with van der Waals surface area (Å²) in [5.74, 6) is -1.15. The summed E-state index contributed by atoms with van der Waals surface area (Å²) in [5, 5.41) is 11.1. The monoisotopic (exact) mass is 344 g/mol. The molecule has 2 saturated heterocycles. The molecule has 2 fully saturated rings. The molecule has 0 spiro atoms. The van der Waals surface area contributed by atoms with Gasteiger partial charge in [0.15, 0.2) is 0 Å². The van der Waals surface area contributed by atoms with Gasteiger partial charge in [-0.2, -0.15) is 0 Å². The smallest absolute Gasteiger partial charge is 0.129 e. The molecule has 4 rings (SSSR count). The van der Waals surface area contributed by atoms with Crippen molar-refractivity contribution in [3.05, 3.63) is 65.5 Å². The summed E-state index contributed by atoms with van der Waals surface area (Å²) in [6, 6.07) is 8.26. The Kier molecular flexibility index (Phi) is 4.29. The van der Waals surface area contributed by atoms with E-state index in [1.807, 2.05) is 12.1 Å². The van der Waals surface area contributed by atoms with Crippen LogP contribution in [0.25, 0.3) is 0 Å². The van der Waals surface area contributed by atoms with E-state index in [-0.39, 0.29) is 6.42 Å². The minimum atomic E-state index is -0.917. The molecular weight excluding hydrogens is 322 g/mol. The summed E-state index contributed by atoms with van der Waals surface area (Å²) in [7, 11) is 0. The third-order valence-electron chi connectivity index (χ3n) is 5.65. The molecule has 2 unspecified atom stereocenters. The average molecular weight is 344 g/mol. The minimum Gasteiger partial charge on any atom is -0.389 e. The van der Waals surface area contributed by atoms with Gasteiger partial charge in [-0.25, -0.2) is 8.78 Å². The molecule has 2 atom stereocenters. The van der Waals surface area contributed by atoms with Gasteiger partial charge in [-0.05, 0) is 55.0 Å². The van der Waals surface area contributed by atoms with Crippen LogP contribution in [0.3, 0.4) is 0 Å². The molecule has 132 valence electrons. The largest absolute Gasteiger partial charge is 0.389 e. The van der Waals surface area contributed by atoms with Gasteiger partial charge in [-0.1, -0.05) is 6.07 Å². The number of aliphatic hydroxyl groups is 1. The first kappa shape index (κ1) is 16.6. The molecule has 2 aliphatic heterocycles. The molecule has 1 aromatic carbocycles. The van der Waals surface area contributed by atoms with Crippen molar-refractivity contribution in [2.24, 2.45) is 0 Å². The van der Waals surface area contributed by atoms with Gasteiger partial charge in [-0.15, -0.1) is 0 Å². The summed E-state index contributed by atoms with van der Waals surface area (Å²) in [4.78, 5) is 6.52. The number of piperidine rings is 1. The van der Waals surface area contributed by atoms with Crippen molar-refractivity contribution in [2.75, 3.05) is 0 Å². The van der Waals surface area contributed by atoms with E-state index in [0.29, 0.717) is 30.5 Å². The van der Waals surface area contributed by atoms with Gasteiger partial charge < -0.3 is 5.11 Å². The predicted molar refractivity (Wildman–Crippen MR) is 90.8 cm³/mol. The maximum Gasteiger partial charge on any atom is 0.129 e. The van der Waals surface area contributed by atoms with Crippen molar-refractivity contribution in [3.8, 4) is 0 Å². The first-order valence-electron chi connectivity index (χ1n) is 8.83. The van der Waals surface area contributed by atoms with E-state index >= 15 is 0 Å². The third-order valence-corrected chi connectivity index (χ3v) is 5.65. The number of pyridine rings is 1. The van der Waals surface area contributed by atoms with Crippen molar-refractivity contribution in [2.45, 2.75) is 56.3 Å². The van der Waals surface area contributed by atoms with Crippen LogP contribution in [0.15, 0.2) is 42.7 Å². The van der Waals surface area contributed by atoms with Crippen LogP contribution in [-0.4, -0.2) is 32.7 Å². The first-order valence-corrected chi connectivity index (χ1v) is 8.83. The van der Waals surface area contributed by atoms with Crippen molar-refractivity contribution in [1.82, 2.24) is 9.88 Å². The van der Waals surface area contributed by atoms with E-state index in [0.717, 1.165) is 25.5 Å². The predicted octanol–water partition coefficient (Wildman–Crippen LogP) is 3.46. The summed E-state index contributed by atoms with van der Waals surface area (Å²) >= 11 is 0. The van der Waals surface area contributed by atoms with Gasteiger partial charge in [-0.3, -0.25) is 9.88 Å². The summed E-state index contributed by atoms with van der Waals surface area (Å²) in [6.45, 7) is 0.860. The van der Waals surface area contributed by atoms with Crippen LogP contribution in [-0.2, 0) is 13.0 Å². The van der Waals surface area contributed by atoms with Gasteiger partial charge in [0.25, 0.3) is 0 Å². The lowest BCUT2D eigenvalue weighted by molar-refractivity contribution is -0.0544. The SMILES string of the molecule is OC1(Cc2ccc(F)cc2F)CC2CCC(C1)N2Cc1ccncc1. The van der Waals surface area contributed by atoms with Crippen LogP contribution >= 0.6 is 0 Å². The van der Waals surface area contributed by atoms with Crippen molar-refractivity contribution < 1.29 is 13.9 Å². The molecule has 5 heteroatoms. The number of halogens is 2. The standard InChI is InChI=1S/C20H22F2N2O/c21-16-2-1-15(19(22)9-16)10-20(25)11-17-3-4-18(12-20)24(17)13-14-5-7-23-8-6-14/h1-2,5-9,17-18,25H,3-4,10-13H2. The zero-order chi connectivity index (χ0) is 17.4. The zero-order valence-corrected chi connectivity index (χ0v) is 14.0. The Labute approximate surface area is 146 Å². The Hall–Kier alpha value is -1.85. The topological polar surface area (TPSA) is 36.4 Å². The fourth-order valence-electron chi connectivity index (χ4n) is 4.53. The molecule has 0 amide bonds. The molecule has 2 aromatic rings. The number of aromatic nitrogens is 1. The molecule has 3 heterocycles. The Morgan fingerprint density at radius 2 is 1.76 bits per heavy atom. The molecule has 0 saturated carbocycles. The second-order valence-corrected chi connectivity index (χ2v) is 7.46.